The summed E-state index contributed by atoms with van der Waals surface area (Å²) in [5.41, 5.74) is 0.950. The Morgan fingerprint density at radius 2 is 2.32 bits per heavy atom. The van der Waals surface area contributed by atoms with Crippen LogP contribution in [0.1, 0.15) is 6.92 Å². The Morgan fingerprint density at radius 1 is 1.45 bits per heavy atom. The first-order valence-electron chi connectivity index (χ1n) is 7.30. The van der Waals surface area contributed by atoms with Crippen molar-refractivity contribution in [3.63, 3.8) is 0 Å². The van der Waals surface area contributed by atoms with Gasteiger partial charge in [0, 0.05) is 19.2 Å². The topological polar surface area (TPSA) is 44.5 Å². The maximum Gasteiger partial charge on any atom is 0.203 e. The molecule has 1 saturated heterocycles. The van der Waals surface area contributed by atoms with Crippen LogP contribution in [0.3, 0.4) is 0 Å². The molecular formula is C15H20N4O2S. The van der Waals surface area contributed by atoms with E-state index in [9.17, 15) is 0 Å². The molecule has 0 spiro atoms. The molecule has 22 heavy (non-hydrogen) atoms. The zero-order valence-corrected chi connectivity index (χ0v) is 13.6. The van der Waals surface area contributed by atoms with Crippen LogP contribution in [-0.2, 0) is 11.4 Å². The molecule has 0 bridgehead atoms. The highest BCUT2D eigenvalue weighted by Crippen LogP contribution is 2.17. The SMILES string of the molecule is COc1cccc(-n2cnn(CN3CCOC(C)C3)c2=S)c1. The highest BCUT2D eigenvalue weighted by Gasteiger charge is 2.17. The van der Waals surface area contributed by atoms with Crippen molar-refractivity contribution in [3.8, 4) is 11.4 Å². The Balaban J connectivity index is 1.81. The van der Waals surface area contributed by atoms with Crippen LogP contribution in [0.25, 0.3) is 5.69 Å². The minimum atomic E-state index is 0.253. The summed E-state index contributed by atoms with van der Waals surface area (Å²) >= 11 is 5.55. The second kappa shape index (κ2) is 6.60. The van der Waals surface area contributed by atoms with E-state index in [-0.39, 0.29) is 6.10 Å². The smallest absolute Gasteiger partial charge is 0.203 e. The van der Waals surface area contributed by atoms with Gasteiger partial charge in [-0.15, -0.1) is 0 Å². The number of rotatable bonds is 4. The third-order valence-electron chi connectivity index (χ3n) is 3.72. The van der Waals surface area contributed by atoms with Crippen molar-refractivity contribution < 1.29 is 9.47 Å². The molecule has 1 aromatic heterocycles. The number of morpholine rings is 1. The van der Waals surface area contributed by atoms with Gasteiger partial charge in [-0.05, 0) is 31.3 Å². The molecule has 1 fully saturated rings. The summed E-state index contributed by atoms with van der Waals surface area (Å²) in [4.78, 5) is 2.30. The summed E-state index contributed by atoms with van der Waals surface area (Å²) in [6, 6.07) is 7.78. The van der Waals surface area contributed by atoms with Crippen LogP contribution in [0.15, 0.2) is 30.6 Å². The molecule has 2 heterocycles. The van der Waals surface area contributed by atoms with Gasteiger partial charge in [0.2, 0.25) is 4.77 Å². The van der Waals surface area contributed by atoms with Crippen molar-refractivity contribution in [1.82, 2.24) is 19.2 Å². The Bertz CT molecular complexity index is 697. The zero-order valence-electron chi connectivity index (χ0n) is 12.8. The van der Waals surface area contributed by atoms with Crippen molar-refractivity contribution in [1.29, 1.82) is 0 Å². The van der Waals surface area contributed by atoms with Gasteiger partial charge in [0.25, 0.3) is 0 Å². The quantitative estimate of drug-likeness (QED) is 0.807. The Morgan fingerprint density at radius 3 is 3.09 bits per heavy atom. The van der Waals surface area contributed by atoms with E-state index >= 15 is 0 Å². The average molecular weight is 320 g/mol. The molecule has 0 saturated carbocycles. The monoisotopic (exact) mass is 320 g/mol. The normalized spacial score (nSPS) is 19.3. The predicted octanol–water partition coefficient (Wildman–Crippen LogP) is 2.09. The van der Waals surface area contributed by atoms with Gasteiger partial charge in [-0.25, -0.2) is 4.68 Å². The van der Waals surface area contributed by atoms with Crippen molar-refractivity contribution in [2.45, 2.75) is 19.7 Å². The van der Waals surface area contributed by atoms with Gasteiger partial charge in [0.05, 0.1) is 32.2 Å². The molecule has 1 unspecified atom stereocenters. The first-order chi connectivity index (χ1) is 10.7. The third kappa shape index (κ3) is 3.21. The fourth-order valence-electron chi connectivity index (χ4n) is 2.58. The van der Waals surface area contributed by atoms with Gasteiger partial charge in [0.15, 0.2) is 0 Å². The van der Waals surface area contributed by atoms with E-state index in [4.69, 9.17) is 21.7 Å². The van der Waals surface area contributed by atoms with E-state index in [1.54, 1.807) is 13.4 Å². The average Bonchev–Trinajstić information content (AvgIpc) is 2.88. The van der Waals surface area contributed by atoms with Gasteiger partial charge < -0.3 is 9.47 Å². The lowest BCUT2D eigenvalue weighted by atomic mass is 10.3. The Kier molecular flexibility index (Phi) is 4.56. The summed E-state index contributed by atoms with van der Waals surface area (Å²) < 4.78 is 15.2. The van der Waals surface area contributed by atoms with Crippen molar-refractivity contribution in [2.24, 2.45) is 0 Å². The molecule has 1 aliphatic rings. The fourth-order valence-corrected chi connectivity index (χ4v) is 2.84. The first-order valence-corrected chi connectivity index (χ1v) is 7.71. The standard InChI is InChI=1S/C15H20N4O2S/c1-12-9-17(6-7-21-12)11-19-15(22)18(10-16-19)13-4-3-5-14(8-13)20-2/h3-5,8,10,12H,6-7,9,11H2,1-2H3. The van der Waals surface area contributed by atoms with Gasteiger partial charge in [-0.2, -0.15) is 5.10 Å². The summed E-state index contributed by atoms with van der Waals surface area (Å²) in [7, 11) is 1.65. The number of hydrogen-bond acceptors (Lipinski definition) is 5. The van der Waals surface area contributed by atoms with Crippen molar-refractivity contribution in [3.05, 3.63) is 35.4 Å². The molecular weight excluding hydrogens is 300 g/mol. The number of aromatic nitrogens is 3. The van der Waals surface area contributed by atoms with Gasteiger partial charge in [-0.3, -0.25) is 9.47 Å². The maximum absolute atomic E-state index is 5.56. The molecule has 1 aliphatic heterocycles. The van der Waals surface area contributed by atoms with Crippen LogP contribution < -0.4 is 4.74 Å². The van der Waals surface area contributed by atoms with E-state index < -0.39 is 0 Å². The third-order valence-corrected chi connectivity index (χ3v) is 4.13. The van der Waals surface area contributed by atoms with Crippen LogP contribution in [0.4, 0.5) is 0 Å². The largest absolute Gasteiger partial charge is 0.497 e. The summed E-state index contributed by atoms with van der Waals surface area (Å²) in [6.07, 6.45) is 2.00. The lowest BCUT2D eigenvalue weighted by molar-refractivity contribution is -0.0307. The van der Waals surface area contributed by atoms with Gasteiger partial charge in [0.1, 0.15) is 12.1 Å². The molecule has 6 nitrogen and oxygen atoms in total. The van der Waals surface area contributed by atoms with Crippen LogP contribution in [-0.4, -0.2) is 52.2 Å². The molecule has 0 aliphatic carbocycles. The molecule has 118 valence electrons. The van der Waals surface area contributed by atoms with Crippen LogP contribution in [0.2, 0.25) is 0 Å². The molecule has 0 N–H and O–H groups in total. The van der Waals surface area contributed by atoms with Gasteiger partial charge >= 0.3 is 0 Å². The zero-order chi connectivity index (χ0) is 15.5. The molecule has 7 heteroatoms. The van der Waals surface area contributed by atoms with Crippen LogP contribution in [0, 0.1) is 4.77 Å². The van der Waals surface area contributed by atoms with E-state index in [1.807, 2.05) is 33.5 Å². The molecule has 1 aromatic carbocycles. The molecule has 1 atom stereocenters. The number of methoxy groups -OCH3 is 1. The molecule has 2 aromatic rings. The summed E-state index contributed by atoms with van der Waals surface area (Å²) in [5.74, 6) is 0.800. The van der Waals surface area contributed by atoms with E-state index in [0.29, 0.717) is 11.4 Å². The highest BCUT2D eigenvalue weighted by atomic mass is 32.1. The predicted molar refractivity (Wildman–Crippen MR) is 85.9 cm³/mol. The van der Waals surface area contributed by atoms with E-state index in [1.165, 1.54) is 0 Å². The number of nitrogens with zero attached hydrogens (tertiary/aromatic N) is 4. The highest BCUT2D eigenvalue weighted by molar-refractivity contribution is 7.71. The van der Waals surface area contributed by atoms with Crippen molar-refractivity contribution >= 4 is 12.2 Å². The number of benzene rings is 1. The first kappa shape index (κ1) is 15.2. The number of hydrogen-bond donors (Lipinski definition) is 0. The van der Waals surface area contributed by atoms with Gasteiger partial charge in [-0.1, -0.05) is 6.07 Å². The minimum Gasteiger partial charge on any atom is -0.497 e. The molecule has 0 radical (unpaired) electrons. The van der Waals surface area contributed by atoms with Crippen molar-refractivity contribution in [2.75, 3.05) is 26.8 Å². The molecule has 3 rings (SSSR count). The summed E-state index contributed by atoms with van der Waals surface area (Å²) in [5, 5.41) is 4.42. The fraction of sp³-hybridized carbons (Fsp3) is 0.467. The second-order valence-corrected chi connectivity index (χ2v) is 5.75. The molecule has 0 amide bonds. The lowest BCUT2D eigenvalue weighted by Gasteiger charge is -2.30. The number of ether oxygens (including phenoxy) is 2. The second-order valence-electron chi connectivity index (χ2n) is 5.38. The maximum atomic E-state index is 5.56. The summed E-state index contributed by atoms with van der Waals surface area (Å²) in [6.45, 7) is 5.32. The van der Waals surface area contributed by atoms with Crippen LogP contribution >= 0.6 is 12.2 Å². The Hall–Kier alpha value is -1.70. The van der Waals surface area contributed by atoms with E-state index in [0.717, 1.165) is 31.1 Å². The minimum absolute atomic E-state index is 0.253. The lowest BCUT2D eigenvalue weighted by Crippen LogP contribution is -2.42. The van der Waals surface area contributed by atoms with Crippen LogP contribution in [0.5, 0.6) is 5.75 Å². The van der Waals surface area contributed by atoms with E-state index in [2.05, 4.69) is 16.9 Å². The Labute approximate surface area is 134 Å².